The molecule has 0 unspecified atom stereocenters. The first-order chi connectivity index (χ1) is 10.6. The zero-order valence-corrected chi connectivity index (χ0v) is 13.3. The first-order valence-corrected chi connectivity index (χ1v) is 8.25. The summed E-state index contributed by atoms with van der Waals surface area (Å²) in [6.45, 7) is -0.000177. The number of amides is 2. The van der Waals surface area contributed by atoms with Crippen molar-refractivity contribution in [2.45, 2.75) is 18.9 Å². The summed E-state index contributed by atoms with van der Waals surface area (Å²) >= 11 is 7.82. The van der Waals surface area contributed by atoms with Gasteiger partial charge in [-0.1, -0.05) is 29.8 Å². The molecular formula is C16H15ClN2O2S. The van der Waals surface area contributed by atoms with Gasteiger partial charge >= 0.3 is 0 Å². The second kappa shape index (κ2) is 6.50. The van der Waals surface area contributed by atoms with Gasteiger partial charge in [0.1, 0.15) is 0 Å². The van der Waals surface area contributed by atoms with Crippen LogP contribution in [0.4, 0.5) is 0 Å². The van der Waals surface area contributed by atoms with Crippen LogP contribution in [0.5, 0.6) is 0 Å². The standard InChI is InChI=1S/C16H15ClN2O2S/c17-16-11-3-1-2-4-12(11)22-13(16)7-8-14(20)18-9-15(21)19-10-5-6-10/h1-4,7-8,10H,5-6,9H2,(H,18,20)(H,19,21)/b8-7+. The van der Waals surface area contributed by atoms with Gasteiger partial charge in [0.15, 0.2) is 0 Å². The summed E-state index contributed by atoms with van der Waals surface area (Å²) in [5.74, 6) is -0.455. The molecule has 0 bridgehead atoms. The molecule has 0 aliphatic heterocycles. The van der Waals surface area contributed by atoms with Gasteiger partial charge in [-0.2, -0.15) is 0 Å². The molecule has 3 rings (SSSR count). The number of carbonyl (C=O) groups is 2. The van der Waals surface area contributed by atoms with Crippen LogP contribution in [-0.4, -0.2) is 24.4 Å². The number of nitrogens with one attached hydrogen (secondary N) is 2. The molecule has 114 valence electrons. The van der Waals surface area contributed by atoms with Gasteiger partial charge in [-0.3, -0.25) is 9.59 Å². The van der Waals surface area contributed by atoms with E-state index < -0.39 is 0 Å². The maximum atomic E-state index is 11.7. The Hall–Kier alpha value is -1.85. The average Bonchev–Trinajstić information content (AvgIpc) is 3.27. The molecule has 2 N–H and O–H groups in total. The zero-order chi connectivity index (χ0) is 15.5. The maximum Gasteiger partial charge on any atom is 0.244 e. The molecule has 0 spiro atoms. The number of rotatable bonds is 5. The summed E-state index contributed by atoms with van der Waals surface area (Å²) in [6, 6.07) is 8.13. The van der Waals surface area contributed by atoms with E-state index in [2.05, 4.69) is 10.6 Å². The minimum atomic E-state index is -0.306. The highest BCUT2D eigenvalue weighted by Crippen LogP contribution is 2.35. The van der Waals surface area contributed by atoms with E-state index in [9.17, 15) is 9.59 Å². The van der Waals surface area contributed by atoms with E-state index in [1.807, 2.05) is 24.3 Å². The maximum absolute atomic E-state index is 11.7. The second-order valence-corrected chi connectivity index (χ2v) is 6.63. The molecule has 1 aliphatic carbocycles. The number of carbonyl (C=O) groups excluding carboxylic acids is 2. The van der Waals surface area contributed by atoms with Gasteiger partial charge in [0.25, 0.3) is 0 Å². The first kappa shape index (κ1) is 15.1. The monoisotopic (exact) mass is 334 g/mol. The number of fused-ring (bicyclic) bond motifs is 1. The summed E-state index contributed by atoms with van der Waals surface area (Å²) in [6.07, 6.45) is 5.15. The molecule has 1 aromatic heterocycles. The van der Waals surface area contributed by atoms with Crippen LogP contribution in [0.1, 0.15) is 17.7 Å². The van der Waals surface area contributed by atoms with Crippen LogP contribution < -0.4 is 10.6 Å². The normalized spacial score (nSPS) is 14.4. The number of hydrogen-bond acceptors (Lipinski definition) is 3. The van der Waals surface area contributed by atoms with Gasteiger partial charge in [0.2, 0.25) is 11.8 Å². The van der Waals surface area contributed by atoms with E-state index in [0.29, 0.717) is 11.1 Å². The number of halogens is 1. The van der Waals surface area contributed by atoms with Gasteiger partial charge < -0.3 is 10.6 Å². The van der Waals surface area contributed by atoms with Gasteiger partial charge in [-0.05, 0) is 25.0 Å². The smallest absolute Gasteiger partial charge is 0.244 e. The molecule has 1 aromatic carbocycles. The number of hydrogen-bond donors (Lipinski definition) is 2. The lowest BCUT2D eigenvalue weighted by Crippen LogP contribution is -2.37. The molecule has 1 saturated carbocycles. The minimum Gasteiger partial charge on any atom is -0.352 e. The van der Waals surface area contributed by atoms with E-state index in [4.69, 9.17) is 11.6 Å². The van der Waals surface area contributed by atoms with Gasteiger partial charge in [-0.25, -0.2) is 0 Å². The van der Waals surface area contributed by atoms with Crippen LogP contribution in [0.2, 0.25) is 5.02 Å². The molecule has 6 heteroatoms. The second-order valence-electron chi connectivity index (χ2n) is 5.17. The summed E-state index contributed by atoms with van der Waals surface area (Å²) in [5.41, 5.74) is 0. The van der Waals surface area contributed by atoms with Crippen LogP contribution in [0.3, 0.4) is 0 Å². The molecule has 22 heavy (non-hydrogen) atoms. The molecular weight excluding hydrogens is 320 g/mol. The van der Waals surface area contributed by atoms with Crippen molar-refractivity contribution in [3.05, 3.63) is 40.2 Å². The summed E-state index contributed by atoms with van der Waals surface area (Å²) in [5, 5.41) is 7.01. The molecule has 1 heterocycles. The summed E-state index contributed by atoms with van der Waals surface area (Å²) in [4.78, 5) is 24.0. The minimum absolute atomic E-state index is 0.000177. The van der Waals surface area contributed by atoms with Gasteiger partial charge in [-0.15, -0.1) is 11.3 Å². The van der Waals surface area contributed by atoms with Crippen molar-refractivity contribution in [3.8, 4) is 0 Å². The van der Waals surface area contributed by atoms with E-state index in [0.717, 1.165) is 27.8 Å². The van der Waals surface area contributed by atoms with Gasteiger partial charge in [0, 0.05) is 27.1 Å². The van der Waals surface area contributed by atoms with Crippen molar-refractivity contribution in [3.63, 3.8) is 0 Å². The van der Waals surface area contributed by atoms with Crippen LogP contribution >= 0.6 is 22.9 Å². The van der Waals surface area contributed by atoms with Crippen molar-refractivity contribution >= 4 is 50.9 Å². The number of benzene rings is 1. The Morgan fingerprint density at radius 2 is 2.09 bits per heavy atom. The van der Waals surface area contributed by atoms with Crippen LogP contribution in [-0.2, 0) is 9.59 Å². The third-order valence-corrected chi connectivity index (χ3v) is 4.97. The third-order valence-electron chi connectivity index (χ3n) is 3.31. The Morgan fingerprint density at radius 1 is 1.32 bits per heavy atom. The largest absolute Gasteiger partial charge is 0.352 e. The molecule has 1 aliphatic rings. The Bertz CT molecular complexity index is 750. The third kappa shape index (κ3) is 3.67. The summed E-state index contributed by atoms with van der Waals surface area (Å²) in [7, 11) is 0. The van der Waals surface area contributed by atoms with Crippen molar-refractivity contribution in [1.29, 1.82) is 0 Å². The highest BCUT2D eigenvalue weighted by atomic mass is 35.5. The number of thiophene rings is 1. The quantitative estimate of drug-likeness (QED) is 0.826. The fraction of sp³-hybridized carbons (Fsp3) is 0.250. The Balaban J connectivity index is 1.58. The van der Waals surface area contributed by atoms with E-state index in [-0.39, 0.29) is 18.4 Å². The van der Waals surface area contributed by atoms with Crippen molar-refractivity contribution in [2.75, 3.05) is 6.54 Å². The molecule has 0 radical (unpaired) electrons. The molecule has 0 saturated heterocycles. The highest BCUT2D eigenvalue weighted by Gasteiger charge is 2.22. The summed E-state index contributed by atoms with van der Waals surface area (Å²) < 4.78 is 1.08. The van der Waals surface area contributed by atoms with E-state index >= 15 is 0 Å². The van der Waals surface area contributed by atoms with E-state index in [1.165, 1.54) is 17.4 Å². The fourth-order valence-corrected chi connectivity index (χ4v) is 3.42. The van der Waals surface area contributed by atoms with Crippen LogP contribution in [0, 0.1) is 0 Å². The lowest BCUT2D eigenvalue weighted by atomic mass is 10.2. The van der Waals surface area contributed by atoms with Crippen LogP contribution in [0.25, 0.3) is 16.2 Å². The zero-order valence-electron chi connectivity index (χ0n) is 11.8. The Labute approximate surface area is 137 Å². The topological polar surface area (TPSA) is 58.2 Å². The Kier molecular flexibility index (Phi) is 4.45. The molecule has 2 aromatic rings. The molecule has 1 fully saturated rings. The Morgan fingerprint density at radius 3 is 2.82 bits per heavy atom. The van der Waals surface area contributed by atoms with Crippen LogP contribution in [0.15, 0.2) is 30.3 Å². The predicted octanol–water partition coefficient (Wildman–Crippen LogP) is 2.96. The first-order valence-electron chi connectivity index (χ1n) is 7.06. The van der Waals surface area contributed by atoms with Crippen molar-refractivity contribution < 1.29 is 9.59 Å². The van der Waals surface area contributed by atoms with Crippen molar-refractivity contribution in [2.24, 2.45) is 0 Å². The lowest BCUT2D eigenvalue weighted by molar-refractivity contribution is -0.124. The average molecular weight is 335 g/mol. The van der Waals surface area contributed by atoms with Gasteiger partial charge in [0.05, 0.1) is 11.6 Å². The molecule has 4 nitrogen and oxygen atoms in total. The lowest BCUT2D eigenvalue weighted by Gasteiger charge is -2.03. The molecule has 2 amide bonds. The SMILES string of the molecule is O=C(/C=C/c1sc2ccccc2c1Cl)NCC(=O)NC1CC1. The molecule has 0 atom stereocenters. The van der Waals surface area contributed by atoms with Crippen molar-refractivity contribution in [1.82, 2.24) is 10.6 Å². The predicted molar refractivity (Wildman–Crippen MR) is 90.0 cm³/mol. The highest BCUT2D eigenvalue weighted by molar-refractivity contribution is 7.20. The fourth-order valence-electron chi connectivity index (χ4n) is 2.02. The van der Waals surface area contributed by atoms with E-state index in [1.54, 1.807) is 6.08 Å².